The third-order valence-corrected chi connectivity index (χ3v) is 5.01. The minimum atomic E-state index is 0.143. The average Bonchev–Trinajstić information content (AvgIpc) is 2.56. The molecule has 0 aromatic carbocycles. The first-order valence-electron chi connectivity index (χ1n) is 8.58. The van der Waals surface area contributed by atoms with Crippen LogP contribution in [-0.4, -0.2) is 24.8 Å². The summed E-state index contributed by atoms with van der Waals surface area (Å²) < 4.78 is 6.44. The van der Waals surface area contributed by atoms with Crippen LogP contribution in [0.5, 0.6) is 0 Å². The maximum Gasteiger partial charge on any atom is 0.0806 e. The Bertz CT molecular complexity index is 240. The van der Waals surface area contributed by atoms with Gasteiger partial charge in [-0.15, -0.1) is 0 Å². The lowest BCUT2D eigenvalue weighted by Gasteiger charge is -2.35. The summed E-state index contributed by atoms with van der Waals surface area (Å²) in [5.74, 6) is 0.973. The highest BCUT2D eigenvalue weighted by molar-refractivity contribution is 4.86. The average molecular weight is 267 g/mol. The Balaban J connectivity index is 1.80. The summed E-state index contributed by atoms with van der Waals surface area (Å²) >= 11 is 0. The molecule has 112 valence electrons. The number of hydrogen-bond donors (Lipinski definition) is 1. The molecule has 0 bridgehead atoms. The highest BCUT2D eigenvalue weighted by Crippen LogP contribution is 2.33. The van der Waals surface area contributed by atoms with Gasteiger partial charge in [-0.1, -0.05) is 58.8 Å². The lowest BCUT2D eigenvalue weighted by atomic mass is 9.83. The number of hydrogen-bond acceptors (Lipinski definition) is 2. The van der Waals surface area contributed by atoms with E-state index in [1.807, 2.05) is 0 Å². The Morgan fingerprint density at radius 2 is 1.74 bits per heavy atom. The summed E-state index contributed by atoms with van der Waals surface area (Å²) in [7, 11) is 0. The third kappa shape index (κ3) is 5.07. The second kappa shape index (κ2) is 7.64. The fourth-order valence-corrected chi connectivity index (χ4v) is 3.36. The normalized spacial score (nSPS) is 24.2. The van der Waals surface area contributed by atoms with Gasteiger partial charge in [0.05, 0.1) is 5.60 Å². The summed E-state index contributed by atoms with van der Waals surface area (Å²) in [5, 5.41) is 3.62. The van der Waals surface area contributed by atoms with Crippen LogP contribution in [0.15, 0.2) is 0 Å². The van der Waals surface area contributed by atoms with E-state index >= 15 is 0 Å². The van der Waals surface area contributed by atoms with Crippen molar-refractivity contribution in [2.75, 3.05) is 13.2 Å². The second-order valence-electron chi connectivity index (χ2n) is 7.07. The van der Waals surface area contributed by atoms with E-state index in [-0.39, 0.29) is 5.60 Å². The Labute approximate surface area is 119 Å². The van der Waals surface area contributed by atoms with E-state index < -0.39 is 0 Å². The molecule has 0 amide bonds. The van der Waals surface area contributed by atoms with Crippen molar-refractivity contribution in [1.82, 2.24) is 5.32 Å². The van der Waals surface area contributed by atoms with E-state index in [1.54, 1.807) is 0 Å². The Morgan fingerprint density at radius 3 is 2.26 bits per heavy atom. The quantitative estimate of drug-likeness (QED) is 0.695. The molecule has 2 rings (SSSR count). The SMILES string of the molecule is CC(C)NCC1(OCCC2CCC2)CCCCCC1. The van der Waals surface area contributed by atoms with Crippen molar-refractivity contribution in [3.8, 4) is 0 Å². The van der Waals surface area contributed by atoms with Crippen LogP contribution in [0.1, 0.15) is 78.1 Å². The molecular formula is C17H33NO. The molecule has 0 aromatic heterocycles. The Kier molecular flexibility index (Phi) is 6.15. The fourth-order valence-electron chi connectivity index (χ4n) is 3.36. The molecule has 0 spiro atoms. The molecule has 0 aromatic rings. The highest BCUT2D eigenvalue weighted by Gasteiger charge is 2.32. The molecule has 0 heterocycles. The first-order valence-corrected chi connectivity index (χ1v) is 8.58. The van der Waals surface area contributed by atoms with Crippen molar-refractivity contribution >= 4 is 0 Å². The van der Waals surface area contributed by atoms with E-state index in [2.05, 4.69) is 19.2 Å². The van der Waals surface area contributed by atoms with Gasteiger partial charge in [0, 0.05) is 19.2 Å². The van der Waals surface area contributed by atoms with Crippen molar-refractivity contribution in [3.63, 3.8) is 0 Å². The third-order valence-electron chi connectivity index (χ3n) is 5.01. The lowest BCUT2D eigenvalue weighted by Crippen LogP contribution is -2.45. The predicted molar refractivity (Wildman–Crippen MR) is 81.5 cm³/mol. The lowest BCUT2D eigenvalue weighted by molar-refractivity contribution is -0.0628. The van der Waals surface area contributed by atoms with Crippen molar-refractivity contribution in [3.05, 3.63) is 0 Å². The molecule has 2 heteroatoms. The van der Waals surface area contributed by atoms with Gasteiger partial charge < -0.3 is 10.1 Å². The maximum atomic E-state index is 6.44. The van der Waals surface area contributed by atoms with Crippen molar-refractivity contribution < 1.29 is 4.74 Å². The standard InChI is InChI=1S/C17H33NO/c1-15(2)18-14-17(11-5-3-4-6-12-17)19-13-10-16-8-7-9-16/h15-16,18H,3-14H2,1-2H3. The Hall–Kier alpha value is -0.0800. The molecule has 0 unspecified atom stereocenters. The van der Waals surface area contributed by atoms with E-state index in [0.717, 1.165) is 19.1 Å². The number of ether oxygens (including phenoxy) is 1. The molecule has 2 aliphatic carbocycles. The molecule has 2 aliphatic rings. The monoisotopic (exact) mass is 267 g/mol. The van der Waals surface area contributed by atoms with Crippen LogP contribution in [0.2, 0.25) is 0 Å². The van der Waals surface area contributed by atoms with Gasteiger partial charge >= 0.3 is 0 Å². The van der Waals surface area contributed by atoms with Gasteiger partial charge in [-0.3, -0.25) is 0 Å². The van der Waals surface area contributed by atoms with Gasteiger partial charge in [-0.05, 0) is 25.2 Å². The van der Waals surface area contributed by atoms with Crippen molar-refractivity contribution in [1.29, 1.82) is 0 Å². The summed E-state index contributed by atoms with van der Waals surface area (Å²) in [6.07, 6.45) is 13.7. The molecule has 0 radical (unpaired) electrons. The van der Waals surface area contributed by atoms with E-state index in [9.17, 15) is 0 Å². The zero-order valence-corrected chi connectivity index (χ0v) is 13.0. The summed E-state index contributed by atoms with van der Waals surface area (Å²) in [5.41, 5.74) is 0.143. The van der Waals surface area contributed by atoms with Crippen LogP contribution in [0, 0.1) is 5.92 Å². The van der Waals surface area contributed by atoms with Gasteiger partial charge in [0.15, 0.2) is 0 Å². The predicted octanol–water partition coefficient (Wildman–Crippen LogP) is 4.28. The van der Waals surface area contributed by atoms with Gasteiger partial charge in [0.1, 0.15) is 0 Å². The van der Waals surface area contributed by atoms with E-state index in [0.29, 0.717) is 6.04 Å². The molecule has 0 atom stereocenters. The minimum absolute atomic E-state index is 0.143. The van der Waals surface area contributed by atoms with Crippen LogP contribution >= 0.6 is 0 Å². The molecular weight excluding hydrogens is 234 g/mol. The fraction of sp³-hybridized carbons (Fsp3) is 1.00. The van der Waals surface area contributed by atoms with Crippen LogP contribution < -0.4 is 5.32 Å². The van der Waals surface area contributed by atoms with Crippen LogP contribution in [0.4, 0.5) is 0 Å². The first kappa shape index (κ1) is 15.3. The molecule has 1 N–H and O–H groups in total. The molecule has 2 fully saturated rings. The zero-order valence-electron chi connectivity index (χ0n) is 13.0. The van der Waals surface area contributed by atoms with Gasteiger partial charge in [-0.2, -0.15) is 0 Å². The number of nitrogens with one attached hydrogen (secondary N) is 1. The van der Waals surface area contributed by atoms with Crippen LogP contribution in [0.3, 0.4) is 0 Å². The molecule has 2 nitrogen and oxygen atoms in total. The highest BCUT2D eigenvalue weighted by atomic mass is 16.5. The van der Waals surface area contributed by atoms with Crippen molar-refractivity contribution in [2.24, 2.45) is 5.92 Å². The zero-order chi connectivity index (χ0) is 13.6. The van der Waals surface area contributed by atoms with Gasteiger partial charge in [0.2, 0.25) is 0 Å². The largest absolute Gasteiger partial charge is 0.374 e. The molecule has 2 saturated carbocycles. The second-order valence-corrected chi connectivity index (χ2v) is 7.07. The Morgan fingerprint density at radius 1 is 1.05 bits per heavy atom. The number of rotatable bonds is 7. The molecule has 0 saturated heterocycles. The summed E-state index contributed by atoms with van der Waals surface area (Å²) in [6.45, 7) is 6.51. The first-order chi connectivity index (χ1) is 9.20. The van der Waals surface area contributed by atoms with Crippen molar-refractivity contribution in [2.45, 2.75) is 89.7 Å². The van der Waals surface area contributed by atoms with E-state index in [1.165, 1.54) is 64.2 Å². The van der Waals surface area contributed by atoms with E-state index in [4.69, 9.17) is 4.74 Å². The maximum absolute atomic E-state index is 6.44. The molecule has 0 aliphatic heterocycles. The van der Waals surface area contributed by atoms with Gasteiger partial charge in [-0.25, -0.2) is 0 Å². The van der Waals surface area contributed by atoms with Crippen LogP contribution in [0.25, 0.3) is 0 Å². The topological polar surface area (TPSA) is 21.3 Å². The smallest absolute Gasteiger partial charge is 0.0806 e. The van der Waals surface area contributed by atoms with Gasteiger partial charge in [0.25, 0.3) is 0 Å². The van der Waals surface area contributed by atoms with Crippen LogP contribution in [-0.2, 0) is 4.74 Å². The minimum Gasteiger partial charge on any atom is -0.374 e. The molecule has 19 heavy (non-hydrogen) atoms. The summed E-state index contributed by atoms with van der Waals surface area (Å²) in [4.78, 5) is 0. The summed E-state index contributed by atoms with van der Waals surface area (Å²) in [6, 6.07) is 0.565.